The van der Waals surface area contributed by atoms with Crippen LogP contribution < -0.4 is 11.4 Å². The fraction of sp³-hybridized carbons (Fsp3) is 0.250. The Morgan fingerprint density at radius 2 is 2.32 bits per heavy atom. The van der Waals surface area contributed by atoms with Gasteiger partial charge in [0.15, 0.2) is 5.16 Å². The summed E-state index contributed by atoms with van der Waals surface area (Å²) in [6, 6.07) is 7.51. The minimum atomic E-state index is -0.180. The molecule has 96 valence electrons. The number of aromatic nitrogens is 3. The lowest BCUT2D eigenvalue weighted by Crippen LogP contribution is -2.15. The molecule has 6 nitrogen and oxygen atoms in total. The SMILES string of the molecule is N#Cc1cc(Sc2n[nH]c(=O)n2C2CC2)ccc1N. The van der Waals surface area contributed by atoms with Crippen LogP contribution in [0.15, 0.2) is 33.0 Å². The number of benzene rings is 1. The van der Waals surface area contributed by atoms with Gasteiger partial charge in [-0.1, -0.05) is 0 Å². The van der Waals surface area contributed by atoms with E-state index in [4.69, 9.17) is 11.0 Å². The lowest BCUT2D eigenvalue weighted by atomic mass is 10.2. The van der Waals surface area contributed by atoms with Crippen LogP contribution in [0.4, 0.5) is 5.69 Å². The first-order chi connectivity index (χ1) is 9.19. The quantitative estimate of drug-likeness (QED) is 0.825. The largest absolute Gasteiger partial charge is 0.398 e. The highest BCUT2D eigenvalue weighted by Crippen LogP contribution is 2.37. The predicted octanol–water partition coefficient (Wildman–Crippen LogP) is 1.51. The van der Waals surface area contributed by atoms with Crippen molar-refractivity contribution in [2.24, 2.45) is 0 Å². The van der Waals surface area contributed by atoms with Crippen molar-refractivity contribution in [2.75, 3.05) is 5.73 Å². The maximum absolute atomic E-state index is 11.6. The molecule has 2 aromatic rings. The Morgan fingerprint density at radius 3 is 3.00 bits per heavy atom. The number of anilines is 1. The molecule has 7 heteroatoms. The molecule has 1 aromatic heterocycles. The highest BCUT2D eigenvalue weighted by Gasteiger charge is 2.28. The first kappa shape index (κ1) is 11.9. The van der Waals surface area contributed by atoms with Gasteiger partial charge in [-0.25, -0.2) is 9.89 Å². The van der Waals surface area contributed by atoms with Gasteiger partial charge in [-0.05, 0) is 42.8 Å². The number of rotatable bonds is 3. The fourth-order valence-corrected chi connectivity index (χ4v) is 2.76. The predicted molar refractivity (Wildman–Crippen MR) is 70.8 cm³/mol. The summed E-state index contributed by atoms with van der Waals surface area (Å²) in [4.78, 5) is 12.5. The lowest BCUT2D eigenvalue weighted by Gasteiger charge is -2.04. The van der Waals surface area contributed by atoms with Crippen LogP contribution in [0.2, 0.25) is 0 Å². The van der Waals surface area contributed by atoms with Crippen LogP contribution in [0.5, 0.6) is 0 Å². The molecule has 0 bridgehead atoms. The molecule has 1 aliphatic carbocycles. The maximum atomic E-state index is 11.6. The zero-order chi connectivity index (χ0) is 13.4. The number of nitrogens with zero attached hydrogens (tertiary/aromatic N) is 3. The molecule has 0 saturated heterocycles. The van der Waals surface area contributed by atoms with E-state index in [0.29, 0.717) is 16.4 Å². The van der Waals surface area contributed by atoms with Crippen LogP contribution >= 0.6 is 11.8 Å². The molecular weight excluding hydrogens is 262 g/mol. The first-order valence-electron chi connectivity index (χ1n) is 5.83. The summed E-state index contributed by atoms with van der Waals surface area (Å²) in [5.41, 5.74) is 6.38. The molecule has 1 aromatic carbocycles. The van der Waals surface area contributed by atoms with Crippen molar-refractivity contribution in [1.29, 1.82) is 5.26 Å². The Hall–Kier alpha value is -2.20. The molecule has 0 atom stereocenters. The van der Waals surface area contributed by atoms with Gasteiger partial charge in [-0.2, -0.15) is 5.26 Å². The van der Waals surface area contributed by atoms with Crippen molar-refractivity contribution in [3.8, 4) is 6.07 Å². The molecule has 1 fully saturated rings. The third kappa shape index (κ3) is 2.22. The number of nitrogens with two attached hydrogens (primary N) is 1. The van der Waals surface area contributed by atoms with Gasteiger partial charge in [0, 0.05) is 16.6 Å². The molecule has 0 spiro atoms. The minimum Gasteiger partial charge on any atom is -0.398 e. The number of nitrogen functional groups attached to an aromatic ring is 1. The summed E-state index contributed by atoms with van der Waals surface area (Å²) in [7, 11) is 0. The molecule has 1 heterocycles. The van der Waals surface area contributed by atoms with Crippen LogP contribution in [0.1, 0.15) is 24.4 Å². The van der Waals surface area contributed by atoms with E-state index in [1.807, 2.05) is 12.1 Å². The standard InChI is InChI=1S/C12H11N5OS/c13-6-7-5-9(3-4-10(7)14)19-12-16-15-11(18)17(12)8-1-2-8/h3-5,8H,1-2,14H2,(H,15,18). The van der Waals surface area contributed by atoms with E-state index in [1.165, 1.54) is 11.8 Å². The van der Waals surface area contributed by atoms with Crippen LogP contribution in [0.25, 0.3) is 0 Å². The summed E-state index contributed by atoms with van der Waals surface area (Å²) in [5, 5.41) is 16.1. The molecule has 0 amide bonds. The highest BCUT2D eigenvalue weighted by atomic mass is 32.2. The zero-order valence-corrected chi connectivity index (χ0v) is 10.8. The molecule has 19 heavy (non-hydrogen) atoms. The number of hydrogen-bond donors (Lipinski definition) is 2. The molecule has 3 rings (SSSR count). The lowest BCUT2D eigenvalue weighted by molar-refractivity contribution is 0.642. The molecule has 1 saturated carbocycles. The zero-order valence-electron chi connectivity index (χ0n) is 9.96. The Labute approximate surface area is 113 Å². The summed E-state index contributed by atoms with van der Waals surface area (Å²) < 4.78 is 1.67. The van der Waals surface area contributed by atoms with E-state index in [1.54, 1.807) is 16.7 Å². The van der Waals surface area contributed by atoms with Crippen molar-refractivity contribution in [1.82, 2.24) is 14.8 Å². The molecule has 0 aliphatic heterocycles. The summed E-state index contributed by atoms with van der Waals surface area (Å²) in [6.45, 7) is 0. The maximum Gasteiger partial charge on any atom is 0.344 e. The number of nitrogens with one attached hydrogen (secondary N) is 1. The third-order valence-corrected chi connectivity index (χ3v) is 3.90. The van der Waals surface area contributed by atoms with E-state index in [9.17, 15) is 4.79 Å². The molecule has 3 N–H and O–H groups in total. The fourth-order valence-electron chi connectivity index (χ4n) is 1.82. The number of nitriles is 1. The highest BCUT2D eigenvalue weighted by molar-refractivity contribution is 7.99. The average Bonchev–Trinajstić information content (AvgIpc) is 3.17. The normalized spacial score (nSPS) is 14.3. The second-order valence-electron chi connectivity index (χ2n) is 4.38. The van der Waals surface area contributed by atoms with Crippen molar-refractivity contribution >= 4 is 17.4 Å². The smallest absolute Gasteiger partial charge is 0.344 e. The van der Waals surface area contributed by atoms with Gasteiger partial charge in [0.1, 0.15) is 6.07 Å². The second kappa shape index (κ2) is 4.48. The van der Waals surface area contributed by atoms with E-state index in [-0.39, 0.29) is 11.7 Å². The van der Waals surface area contributed by atoms with Crippen molar-refractivity contribution in [2.45, 2.75) is 28.9 Å². The minimum absolute atomic E-state index is 0.180. The number of aromatic amines is 1. The first-order valence-corrected chi connectivity index (χ1v) is 6.65. The van der Waals surface area contributed by atoms with Gasteiger partial charge in [-0.15, -0.1) is 5.10 Å². The van der Waals surface area contributed by atoms with E-state index in [0.717, 1.165) is 17.7 Å². The van der Waals surface area contributed by atoms with Crippen molar-refractivity contribution in [3.05, 3.63) is 34.2 Å². The van der Waals surface area contributed by atoms with E-state index >= 15 is 0 Å². The topological polar surface area (TPSA) is 100 Å². The molecule has 1 aliphatic rings. The van der Waals surface area contributed by atoms with Gasteiger partial charge < -0.3 is 5.73 Å². The van der Waals surface area contributed by atoms with Crippen LogP contribution in [0, 0.1) is 11.3 Å². The van der Waals surface area contributed by atoms with E-state index < -0.39 is 0 Å². The van der Waals surface area contributed by atoms with Crippen LogP contribution in [-0.2, 0) is 0 Å². The third-order valence-electron chi connectivity index (χ3n) is 2.94. The Bertz CT molecular complexity index is 722. The van der Waals surface area contributed by atoms with Gasteiger partial charge in [0.2, 0.25) is 0 Å². The second-order valence-corrected chi connectivity index (χ2v) is 5.42. The summed E-state index contributed by atoms with van der Waals surface area (Å²) in [6.07, 6.45) is 2.02. The molecular formula is C12H11N5OS. The van der Waals surface area contributed by atoms with Crippen LogP contribution in [-0.4, -0.2) is 14.8 Å². The number of hydrogen-bond acceptors (Lipinski definition) is 5. The van der Waals surface area contributed by atoms with Crippen molar-refractivity contribution in [3.63, 3.8) is 0 Å². The summed E-state index contributed by atoms with van der Waals surface area (Å²) in [5.74, 6) is 0. The van der Waals surface area contributed by atoms with Crippen molar-refractivity contribution < 1.29 is 0 Å². The van der Waals surface area contributed by atoms with Gasteiger partial charge in [0.05, 0.1) is 5.56 Å². The Balaban J connectivity index is 1.94. The summed E-state index contributed by atoms with van der Waals surface area (Å²) >= 11 is 1.36. The molecule has 0 radical (unpaired) electrons. The van der Waals surface area contributed by atoms with E-state index in [2.05, 4.69) is 10.2 Å². The average molecular weight is 273 g/mol. The Morgan fingerprint density at radius 1 is 1.53 bits per heavy atom. The number of H-pyrrole nitrogens is 1. The van der Waals surface area contributed by atoms with Gasteiger partial charge in [-0.3, -0.25) is 4.57 Å². The van der Waals surface area contributed by atoms with Gasteiger partial charge in [0.25, 0.3) is 0 Å². The molecule has 0 unspecified atom stereocenters. The monoisotopic (exact) mass is 273 g/mol. The Kier molecular flexibility index (Phi) is 2.80. The van der Waals surface area contributed by atoms with Gasteiger partial charge >= 0.3 is 5.69 Å². The van der Waals surface area contributed by atoms with Crippen LogP contribution in [0.3, 0.4) is 0 Å².